The molecule has 4 heteroatoms. The van der Waals surface area contributed by atoms with Gasteiger partial charge in [-0.15, -0.1) is 0 Å². The zero-order valence-electron chi connectivity index (χ0n) is 14.5. The van der Waals surface area contributed by atoms with Gasteiger partial charge in [-0.3, -0.25) is 4.79 Å². The minimum atomic E-state index is 0.124. The summed E-state index contributed by atoms with van der Waals surface area (Å²) >= 11 is 3.57. The van der Waals surface area contributed by atoms with Crippen molar-refractivity contribution >= 4 is 21.8 Å². The van der Waals surface area contributed by atoms with Crippen molar-refractivity contribution in [3.05, 3.63) is 28.2 Å². The van der Waals surface area contributed by atoms with Gasteiger partial charge in [0, 0.05) is 12.5 Å². The number of nitrogens with one attached hydrogen (secondary N) is 1. The lowest BCUT2D eigenvalue weighted by Gasteiger charge is -2.20. The van der Waals surface area contributed by atoms with E-state index in [1.54, 1.807) is 0 Å². The number of rotatable bonds is 6. The van der Waals surface area contributed by atoms with Crippen molar-refractivity contribution in [3.8, 4) is 5.75 Å². The van der Waals surface area contributed by atoms with Crippen LogP contribution in [0.15, 0.2) is 22.7 Å². The Hall–Kier alpha value is -1.03. The van der Waals surface area contributed by atoms with E-state index in [-0.39, 0.29) is 11.3 Å². The Morgan fingerprint density at radius 3 is 2.61 bits per heavy atom. The third-order valence-corrected chi connectivity index (χ3v) is 4.94. The molecule has 1 aromatic carbocycles. The highest BCUT2D eigenvalue weighted by molar-refractivity contribution is 9.10. The van der Waals surface area contributed by atoms with Crippen LogP contribution in [0.5, 0.6) is 5.75 Å². The standard InChI is InChI=1S/C19H28BrNO2/c1-19(2,3)14-10-11-17(16(20)13-14)23-12-6-9-18(22)21-15-7-4-5-8-15/h10-11,13,15H,4-9,12H2,1-3H3,(H,21,22). The minimum absolute atomic E-state index is 0.124. The summed E-state index contributed by atoms with van der Waals surface area (Å²) in [6.45, 7) is 7.14. The van der Waals surface area contributed by atoms with E-state index < -0.39 is 0 Å². The molecule has 0 unspecified atom stereocenters. The first-order chi connectivity index (χ1) is 10.9. The lowest BCUT2D eigenvalue weighted by atomic mass is 9.87. The highest BCUT2D eigenvalue weighted by atomic mass is 79.9. The van der Waals surface area contributed by atoms with Crippen LogP contribution in [-0.4, -0.2) is 18.6 Å². The number of carbonyl (C=O) groups is 1. The zero-order valence-corrected chi connectivity index (χ0v) is 16.0. The largest absolute Gasteiger partial charge is 0.492 e. The number of hydrogen-bond donors (Lipinski definition) is 1. The highest BCUT2D eigenvalue weighted by Crippen LogP contribution is 2.31. The average Bonchev–Trinajstić information content (AvgIpc) is 2.96. The summed E-state index contributed by atoms with van der Waals surface area (Å²) in [7, 11) is 0. The second kappa shape index (κ2) is 8.18. The van der Waals surface area contributed by atoms with Crippen LogP contribution in [0.1, 0.15) is 64.9 Å². The van der Waals surface area contributed by atoms with Gasteiger partial charge in [0.25, 0.3) is 0 Å². The molecule has 1 N–H and O–H groups in total. The summed E-state index contributed by atoms with van der Waals surface area (Å²) in [5, 5.41) is 3.11. The Morgan fingerprint density at radius 2 is 2.00 bits per heavy atom. The van der Waals surface area contributed by atoms with Crippen LogP contribution in [0.4, 0.5) is 0 Å². The SMILES string of the molecule is CC(C)(C)c1ccc(OCCCC(=O)NC2CCCC2)c(Br)c1. The van der Waals surface area contributed by atoms with Gasteiger partial charge in [0.2, 0.25) is 5.91 Å². The van der Waals surface area contributed by atoms with Crippen LogP contribution >= 0.6 is 15.9 Å². The number of amides is 1. The Balaban J connectivity index is 1.72. The number of benzene rings is 1. The zero-order chi connectivity index (χ0) is 16.9. The molecule has 1 saturated carbocycles. The molecule has 1 aromatic rings. The quantitative estimate of drug-likeness (QED) is 0.706. The molecule has 1 aliphatic rings. The van der Waals surface area contributed by atoms with Gasteiger partial charge in [-0.05, 0) is 58.3 Å². The minimum Gasteiger partial charge on any atom is -0.492 e. The molecule has 0 radical (unpaired) electrons. The monoisotopic (exact) mass is 381 g/mol. The molecule has 1 amide bonds. The van der Waals surface area contributed by atoms with Crippen LogP contribution in [0.25, 0.3) is 0 Å². The maximum Gasteiger partial charge on any atom is 0.220 e. The van der Waals surface area contributed by atoms with Crippen LogP contribution < -0.4 is 10.1 Å². The first kappa shape index (κ1) is 18.3. The molecule has 23 heavy (non-hydrogen) atoms. The van der Waals surface area contributed by atoms with Crippen LogP contribution in [0, 0.1) is 0 Å². The van der Waals surface area contributed by atoms with E-state index >= 15 is 0 Å². The Labute approximate surface area is 148 Å². The molecular formula is C19H28BrNO2. The molecule has 0 saturated heterocycles. The second-order valence-corrected chi connectivity index (χ2v) is 8.25. The Morgan fingerprint density at radius 1 is 1.30 bits per heavy atom. The van der Waals surface area contributed by atoms with Gasteiger partial charge in [0.1, 0.15) is 5.75 Å². The Kier molecular flexibility index (Phi) is 6.51. The molecule has 1 fully saturated rings. The molecule has 0 aliphatic heterocycles. The fourth-order valence-corrected chi connectivity index (χ4v) is 3.36. The number of hydrogen-bond acceptors (Lipinski definition) is 2. The van der Waals surface area contributed by atoms with Gasteiger partial charge < -0.3 is 10.1 Å². The normalized spacial score (nSPS) is 15.7. The molecule has 0 aromatic heterocycles. The summed E-state index contributed by atoms with van der Waals surface area (Å²) < 4.78 is 6.77. The predicted molar refractivity (Wildman–Crippen MR) is 98.0 cm³/mol. The molecule has 2 rings (SSSR count). The van der Waals surface area contributed by atoms with Crippen molar-refractivity contribution < 1.29 is 9.53 Å². The number of ether oxygens (including phenoxy) is 1. The van der Waals surface area contributed by atoms with E-state index in [4.69, 9.17) is 4.74 Å². The summed E-state index contributed by atoms with van der Waals surface area (Å²) in [4.78, 5) is 11.9. The van der Waals surface area contributed by atoms with Gasteiger partial charge in [-0.2, -0.15) is 0 Å². The van der Waals surface area contributed by atoms with Gasteiger partial charge >= 0.3 is 0 Å². The van der Waals surface area contributed by atoms with E-state index in [9.17, 15) is 4.79 Å². The molecule has 1 aliphatic carbocycles. The van der Waals surface area contributed by atoms with E-state index in [0.29, 0.717) is 19.1 Å². The second-order valence-electron chi connectivity index (χ2n) is 7.40. The van der Waals surface area contributed by atoms with Crippen molar-refractivity contribution in [1.82, 2.24) is 5.32 Å². The number of carbonyl (C=O) groups excluding carboxylic acids is 1. The molecule has 3 nitrogen and oxygen atoms in total. The summed E-state index contributed by atoms with van der Waals surface area (Å²) in [5.74, 6) is 0.997. The molecule has 128 valence electrons. The Bertz CT molecular complexity index is 531. The molecule has 0 bridgehead atoms. The van der Waals surface area contributed by atoms with Crippen molar-refractivity contribution in [2.24, 2.45) is 0 Å². The molecule has 0 spiro atoms. The maximum absolute atomic E-state index is 11.9. The lowest BCUT2D eigenvalue weighted by Crippen LogP contribution is -2.32. The number of halogens is 1. The lowest BCUT2D eigenvalue weighted by molar-refractivity contribution is -0.122. The van der Waals surface area contributed by atoms with Gasteiger partial charge in [-0.1, -0.05) is 39.7 Å². The van der Waals surface area contributed by atoms with Gasteiger partial charge in [0.05, 0.1) is 11.1 Å². The fourth-order valence-electron chi connectivity index (χ4n) is 2.87. The van der Waals surface area contributed by atoms with Crippen LogP contribution in [0.3, 0.4) is 0 Å². The van der Waals surface area contributed by atoms with E-state index in [0.717, 1.165) is 29.5 Å². The van der Waals surface area contributed by atoms with E-state index in [1.165, 1.54) is 18.4 Å². The van der Waals surface area contributed by atoms with Crippen LogP contribution in [0.2, 0.25) is 0 Å². The van der Waals surface area contributed by atoms with Gasteiger partial charge in [0.15, 0.2) is 0 Å². The predicted octanol–water partition coefficient (Wildman–Crippen LogP) is 4.96. The molecule has 0 atom stereocenters. The third-order valence-electron chi connectivity index (χ3n) is 4.32. The summed E-state index contributed by atoms with van der Waals surface area (Å²) in [6, 6.07) is 6.63. The summed E-state index contributed by atoms with van der Waals surface area (Å²) in [5.41, 5.74) is 1.40. The highest BCUT2D eigenvalue weighted by Gasteiger charge is 2.17. The maximum atomic E-state index is 11.9. The molecular weight excluding hydrogens is 354 g/mol. The fraction of sp³-hybridized carbons (Fsp3) is 0.632. The smallest absolute Gasteiger partial charge is 0.220 e. The third kappa shape index (κ3) is 5.83. The van der Waals surface area contributed by atoms with Crippen molar-refractivity contribution in [2.75, 3.05) is 6.61 Å². The van der Waals surface area contributed by atoms with Crippen molar-refractivity contribution in [3.63, 3.8) is 0 Å². The topological polar surface area (TPSA) is 38.3 Å². The van der Waals surface area contributed by atoms with Crippen molar-refractivity contribution in [1.29, 1.82) is 0 Å². The average molecular weight is 382 g/mol. The van der Waals surface area contributed by atoms with Gasteiger partial charge in [-0.25, -0.2) is 0 Å². The first-order valence-electron chi connectivity index (χ1n) is 8.58. The van der Waals surface area contributed by atoms with Crippen molar-refractivity contribution in [2.45, 2.75) is 70.8 Å². The van der Waals surface area contributed by atoms with E-state index in [1.807, 2.05) is 6.07 Å². The summed E-state index contributed by atoms with van der Waals surface area (Å²) in [6.07, 6.45) is 6.03. The van der Waals surface area contributed by atoms with Crippen LogP contribution in [-0.2, 0) is 10.2 Å². The first-order valence-corrected chi connectivity index (χ1v) is 9.38. The molecule has 0 heterocycles. The van der Waals surface area contributed by atoms with E-state index in [2.05, 4.69) is 54.2 Å².